The van der Waals surface area contributed by atoms with Gasteiger partial charge in [-0.1, -0.05) is 13.3 Å². The van der Waals surface area contributed by atoms with Gasteiger partial charge in [0.15, 0.2) is 0 Å². The fourth-order valence-electron chi connectivity index (χ4n) is 2.80. The molecule has 1 heterocycles. The number of nitrogens with two attached hydrogens (primary N) is 1. The molecule has 3 N–H and O–H groups in total. The van der Waals surface area contributed by atoms with E-state index in [1.807, 2.05) is 0 Å². The molecule has 1 aliphatic rings. The minimum Gasteiger partial charge on any atom is -0.351 e. The van der Waals surface area contributed by atoms with Gasteiger partial charge in [0.05, 0.1) is 6.54 Å². The minimum absolute atomic E-state index is 0.139. The van der Waals surface area contributed by atoms with E-state index in [9.17, 15) is 4.79 Å². The average Bonchev–Trinajstić information content (AvgIpc) is 3.03. The number of thiophene rings is 1. The monoisotopic (exact) mass is 266 g/mol. The quantitative estimate of drug-likeness (QED) is 0.859. The topological polar surface area (TPSA) is 55.1 Å². The fourth-order valence-corrected chi connectivity index (χ4v) is 3.72. The molecule has 0 radical (unpaired) electrons. The van der Waals surface area contributed by atoms with Gasteiger partial charge < -0.3 is 11.1 Å². The molecule has 1 aromatic rings. The third-order valence-electron chi connectivity index (χ3n) is 3.94. The lowest BCUT2D eigenvalue weighted by Crippen LogP contribution is -2.34. The zero-order valence-electron chi connectivity index (χ0n) is 10.9. The van der Waals surface area contributed by atoms with E-state index < -0.39 is 0 Å². The van der Waals surface area contributed by atoms with Crippen LogP contribution in [0.2, 0.25) is 0 Å². The molecule has 1 amide bonds. The van der Waals surface area contributed by atoms with E-state index in [0.29, 0.717) is 19.0 Å². The van der Waals surface area contributed by atoms with Gasteiger partial charge in [0.2, 0.25) is 5.91 Å². The first-order valence-corrected chi connectivity index (χ1v) is 7.67. The van der Waals surface area contributed by atoms with Gasteiger partial charge in [-0.2, -0.15) is 0 Å². The number of amides is 1. The van der Waals surface area contributed by atoms with Crippen molar-refractivity contribution in [3.63, 3.8) is 0 Å². The fraction of sp³-hybridized carbons (Fsp3) is 0.643. The SMILES string of the molecule is CCc1ccsc1CNC(=O)C1CCCC1CN. The van der Waals surface area contributed by atoms with Gasteiger partial charge in [-0.05, 0) is 48.7 Å². The van der Waals surface area contributed by atoms with E-state index in [1.54, 1.807) is 11.3 Å². The minimum atomic E-state index is 0.139. The molecule has 0 bridgehead atoms. The van der Waals surface area contributed by atoms with Gasteiger partial charge in [0, 0.05) is 10.8 Å². The van der Waals surface area contributed by atoms with Crippen LogP contribution in [0, 0.1) is 11.8 Å². The number of carbonyl (C=O) groups is 1. The maximum Gasteiger partial charge on any atom is 0.223 e. The summed E-state index contributed by atoms with van der Waals surface area (Å²) in [4.78, 5) is 13.4. The summed E-state index contributed by atoms with van der Waals surface area (Å²) >= 11 is 1.73. The van der Waals surface area contributed by atoms with Crippen molar-refractivity contribution >= 4 is 17.2 Å². The van der Waals surface area contributed by atoms with Crippen molar-refractivity contribution in [1.29, 1.82) is 0 Å². The van der Waals surface area contributed by atoms with Gasteiger partial charge in [0.25, 0.3) is 0 Å². The molecule has 2 atom stereocenters. The van der Waals surface area contributed by atoms with E-state index in [0.717, 1.165) is 25.7 Å². The number of rotatable bonds is 5. The number of hydrogen-bond acceptors (Lipinski definition) is 3. The van der Waals surface area contributed by atoms with Crippen molar-refractivity contribution in [2.24, 2.45) is 17.6 Å². The van der Waals surface area contributed by atoms with Gasteiger partial charge in [-0.3, -0.25) is 4.79 Å². The summed E-state index contributed by atoms with van der Waals surface area (Å²) in [5.74, 6) is 0.720. The molecule has 100 valence electrons. The van der Waals surface area contributed by atoms with E-state index in [4.69, 9.17) is 5.73 Å². The van der Waals surface area contributed by atoms with Gasteiger partial charge in [0.1, 0.15) is 0 Å². The maximum absolute atomic E-state index is 12.1. The number of aryl methyl sites for hydroxylation is 1. The summed E-state index contributed by atoms with van der Waals surface area (Å²) in [6, 6.07) is 2.14. The first-order chi connectivity index (χ1) is 8.76. The van der Waals surface area contributed by atoms with Gasteiger partial charge >= 0.3 is 0 Å². The van der Waals surface area contributed by atoms with Crippen LogP contribution in [0.25, 0.3) is 0 Å². The molecular formula is C14H22N2OS. The Balaban J connectivity index is 1.88. The highest BCUT2D eigenvalue weighted by Gasteiger charge is 2.31. The van der Waals surface area contributed by atoms with E-state index in [2.05, 4.69) is 23.7 Å². The highest BCUT2D eigenvalue weighted by atomic mass is 32.1. The zero-order chi connectivity index (χ0) is 13.0. The lowest BCUT2D eigenvalue weighted by molar-refractivity contribution is -0.126. The van der Waals surface area contributed by atoms with E-state index in [-0.39, 0.29) is 11.8 Å². The van der Waals surface area contributed by atoms with Gasteiger partial charge in [-0.15, -0.1) is 11.3 Å². The highest BCUT2D eigenvalue weighted by Crippen LogP contribution is 2.31. The summed E-state index contributed by atoms with van der Waals surface area (Å²) < 4.78 is 0. The van der Waals surface area contributed by atoms with E-state index >= 15 is 0 Å². The normalized spacial score (nSPS) is 23.2. The van der Waals surface area contributed by atoms with Crippen LogP contribution in [-0.2, 0) is 17.8 Å². The Morgan fingerprint density at radius 3 is 3.11 bits per heavy atom. The standard InChI is InChI=1S/C14H22N2OS/c1-2-10-6-7-18-13(10)9-16-14(17)12-5-3-4-11(12)8-15/h6-7,11-12H,2-5,8-9,15H2,1H3,(H,16,17). The molecule has 18 heavy (non-hydrogen) atoms. The molecule has 2 rings (SSSR count). The Hall–Kier alpha value is -0.870. The zero-order valence-corrected chi connectivity index (χ0v) is 11.8. The van der Waals surface area contributed by atoms with Crippen molar-refractivity contribution < 1.29 is 4.79 Å². The van der Waals surface area contributed by atoms with Crippen LogP contribution in [0.1, 0.15) is 36.6 Å². The van der Waals surface area contributed by atoms with Crippen molar-refractivity contribution in [3.8, 4) is 0 Å². The predicted octanol–water partition coefficient (Wildman–Crippen LogP) is 2.30. The van der Waals surface area contributed by atoms with Crippen LogP contribution >= 0.6 is 11.3 Å². The second-order valence-corrected chi connectivity index (χ2v) is 5.97. The molecule has 1 fully saturated rings. The number of hydrogen-bond donors (Lipinski definition) is 2. The summed E-state index contributed by atoms with van der Waals surface area (Å²) in [5, 5.41) is 5.18. The number of carbonyl (C=O) groups excluding carboxylic acids is 1. The Morgan fingerprint density at radius 2 is 2.39 bits per heavy atom. The third-order valence-corrected chi connectivity index (χ3v) is 4.90. The lowest BCUT2D eigenvalue weighted by Gasteiger charge is -2.17. The molecular weight excluding hydrogens is 244 g/mol. The first kappa shape index (κ1) is 13.6. The Bertz CT molecular complexity index is 402. The summed E-state index contributed by atoms with van der Waals surface area (Å²) in [5.41, 5.74) is 7.07. The summed E-state index contributed by atoms with van der Waals surface area (Å²) in [6.07, 6.45) is 4.27. The highest BCUT2D eigenvalue weighted by molar-refractivity contribution is 7.10. The molecule has 0 spiro atoms. The van der Waals surface area contributed by atoms with Crippen LogP contribution in [0.3, 0.4) is 0 Å². The lowest BCUT2D eigenvalue weighted by atomic mass is 9.95. The Morgan fingerprint density at radius 1 is 1.56 bits per heavy atom. The molecule has 2 unspecified atom stereocenters. The van der Waals surface area contributed by atoms with Crippen molar-refractivity contribution in [1.82, 2.24) is 5.32 Å². The van der Waals surface area contributed by atoms with Crippen LogP contribution < -0.4 is 11.1 Å². The van der Waals surface area contributed by atoms with E-state index in [1.165, 1.54) is 10.4 Å². The molecule has 1 saturated carbocycles. The predicted molar refractivity (Wildman–Crippen MR) is 75.4 cm³/mol. The molecule has 0 saturated heterocycles. The van der Waals surface area contributed by atoms with Crippen molar-refractivity contribution in [2.75, 3.05) is 6.54 Å². The van der Waals surface area contributed by atoms with Crippen LogP contribution in [-0.4, -0.2) is 12.5 Å². The Kier molecular flexibility index (Phi) is 4.78. The van der Waals surface area contributed by atoms with Crippen LogP contribution in [0.15, 0.2) is 11.4 Å². The second kappa shape index (κ2) is 6.34. The van der Waals surface area contributed by atoms with Crippen molar-refractivity contribution in [2.45, 2.75) is 39.2 Å². The maximum atomic E-state index is 12.1. The summed E-state index contributed by atoms with van der Waals surface area (Å²) in [6.45, 7) is 3.46. The molecule has 0 aliphatic heterocycles. The molecule has 1 aromatic heterocycles. The molecule has 0 aromatic carbocycles. The number of nitrogens with one attached hydrogen (secondary N) is 1. The summed E-state index contributed by atoms with van der Waals surface area (Å²) in [7, 11) is 0. The largest absolute Gasteiger partial charge is 0.351 e. The molecule has 4 heteroatoms. The Labute approximate surface area is 113 Å². The van der Waals surface area contributed by atoms with Crippen LogP contribution in [0.5, 0.6) is 0 Å². The van der Waals surface area contributed by atoms with Crippen molar-refractivity contribution in [3.05, 3.63) is 21.9 Å². The molecule has 3 nitrogen and oxygen atoms in total. The first-order valence-electron chi connectivity index (χ1n) is 6.79. The average molecular weight is 266 g/mol. The van der Waals surface area contributed by atoms with Gasteiger partial charge in [-0.25, -0.2) is 0 Å². The smallest absolute Gasteiger partial charge is 0.223 e. The van der Waals surface area contributed by atoms with Crippen LogP contribution in [0.4, 0.5) is 0 Å². The molecule has 1 aliphatic carbocycles. The third kappa shape index (κ3) is 2.93. The second-order valence-electron chi connectivity index (χ2n) is 4.97.